The van der Waals surface area contributed by atoms with Crippen LogP contribution in [-0.4, -0.2) is 47.8 Å². The molecule has 0 aromatic carbocycles. The number of carbonyl (C=O) groups excluding carboxylic acids is 2. The molecule has 1 aliphatic heterocycles. The van der Waals surface area contributed by atoms with Gasteiger partial charge in [0.2, 0.25) is 11.8 Å². The van der Waals surface area contributed by atoms with Gasteiger partial charge < -0.3 is 10.6 Å². The Kier molecular flexibility index (Phi) is 6.22. The number of guanidine groups is 1. The van der Waals surface area contributed by atoms with E-state index in [2.05, 4.69) is 46.6 Å². The van der Waals surface area contributed by atoms with Gasteiger partial charge in [0.1, 0.15) is 0 Å². The number of thiazole rings is 1. The Hall–Kier alpha value is -2.22. The second kappa shape index (κ2) is 8.88. The molecule has 162 valence electrons. The van der Waals surface area contributed by atoms with Gasteiger partial charge in [0.05, 0.1) is 23.4 Å². The monoisotopic (exact) mass is 429 g/mol. The Bertz CT molecular complexity index is 831. The molecule has 4 atom stereocenters. The maximum atomic E-state index is 12.7. The molecule has 1 aromatic rings. The maximum absolute atomic E-state index is 12.7. The second-order valence-corrected chi connectivity index (χ2v) is 10.1. The van der Waals surface area contributed by atoms with E-state index in [0.717, 1.165) is 17.8 Å². The van der Waals surface area contributed by atoms with Gasteiger partial charge in [-0.25, -0.2) is 4.98 Å². The number of rotatable bonds is 8. The Balaban J connectivity index is 1.19. The van der Waals surface area contributed by atoms with E-state index in [1.807, 2.05) is 6.20 Å². The van der Waals surface area contributed by atoms with E-state index >= 15 is 0 Å². The quantitative estimate of drug-likeness (QED) is 0.218. The molecule has 4 rings (SSSR count). The van der Waals surface area contributed by atoms with Crippen molar-refractivity contribution in [2.45, 2.75) is 39.7 Å². The summed E-state index contributed by atoms with van der Waals surface area (Å²) in [5, 5.41) is 7.74. The third kappa shape index (κ3) is 4.15. The van der Waals surface area contributed by atoms with Crippen molar-refractivity contribution in [3.63, 3.8) is 0 Å². The van der Waals surface area contributed by atoms with E-state index in [0.29, 0.717) is 37.9 Å². The van der Waals surface area contributed by atoms with Gasteiger partial charge in [-0.2, -0.15) is 0 Å². The molecule has 1 saturated carbocycles. The third-order valence-electron chi connectivity index (χ3n) is 6.25. The number of hydrogen-bond donors (Lipinski definition) is 2. The number of imide groups is 1. The lowest BCUT2D eigenvalue weighted by molar-refractivity contribution is -0.140. The smallest absolute Gasteiger partial charge is 0.233 e. The first-order chi connectivity index (χ1) is 14.5. The number of likely N-dealkylation sites (tertiary alicyclic amines) is 1. The summed E-state index contributed by atoms with van der Waals surface area (Å²) in [7, 11) is 1.74. The van der Waals surface area contributed by atoms with E-state index in [4.69, 9.17) is 0 Å². The number of aromatic nitrogens is 1. The summed E-state index contributed by atoms with van der Waals surface area (Å²) in [6.45, 7) is 6.20. The number of carbonyl (C=O) groups is 2. The normalized spacial score (nSPS) is 27.5. The van der Waals surface area contributed by atoms with Crippen LogP contribution in [0.5, 0.6) is 0 Å². The molecule has 2 heterocycles. The van der Waals surface area contributed by atoms with Gasteiger partial charge in [0.15, 0.2) is 5.96 Å². The van der Waals surface area contributed by atoms with Crippen molar-refractivity contribution in [3.8, 4) is 0 Å². The van der Waals surface area contributed by atoms with Crippen molar-refractivity contribution in [1.82, 2.24) is 20.5 Å². The molecule has 2 amide bonds. The molecule has 2 bridgehead atoms. The fraction of sp³-hybridized carbons (Fsp3) is 0.636. The average molecular weight is 430 g/mol. The van der Waals surface area contributed by atoms with Gasteiger partial charge in [0.25, 0.3) is 0 Å². The molecular weight excluding hydrogens is 398 g/mol. The zero-order valence-electron chi connectivity index (χ0n) is 17.9. The van der Waals surface area contributed by atoms with E-state index in [1.165, 1.54) is 9.78 Å². The third-order valence-corrected chi connectivity index (χ3v) is 7.27. The van der Waals surface area contributed by atoms with Crippen LogP contribution in [0.1, 0.15) is 36.6 Å². The van der Waals surface area contributed by atoms with E-state index < -0.39 is 0 Å². The van der Waals surface area contributed by atoms with Crippen molar-refractivity contribution < 1.29 is 9.59 Å². The number of amides is 2. The lowest BCUT2D eigenvalue weighted by Gasteiger charge is -2.17. The zero-order valence-corrected chi connectivity index (χ0v) is 18.7. The van der Waals surface area contributed by atoms with Crippen molar-refractivity contribution in [1.29, 1.82) is 0 Å². The molecule has 4 unspecified atom stereocenters. The van der Waals surface area contributed by atoms with E-state index in [-0.39, 0.29) is 35.5 Å². The molecule has 2 fully saturated rings. The first kappa shape index (κ1) is 21.0. The minimum Gasteiger partial charge on any atom is -0.356 e. The number of allylic oxidation sites excluding steroid dienone is 2. The molecule has 0 spiro atoms. The molecule has 2 N–H and O–H groups in total. The van der Waals surface area contributed by atoms with Gasteiger partial charge in [0, 0.05) is 37.6 Å². The Morgan fingerprint density at radius 1 is 1.23 bits per heavy atom. The average Bonchev–Trinajstić information content (AvgIpc) is 3.48. The van der Waals surface area contributed by atoms with Crippen LogP contribution in [0.2, 0.25) is 0 Å². The van der Waals surface area contributed by atoms with Crippen LogP contribution in [0.4, 0.5) is 0 Å². The summed E-state index contributed by atoms with van der Waals surface area (Å²) in [5.74, 6) is 1.73. The predicted molar refractivity (Wildman–Crippen MR) is 118 cm³/mol. The minimum absolute atomic E-state index is 0.0340. The highest BCUT2D eigenvalue weighted by Gasteiger charge is 2.58. The first-order valence-electron chi connectivity index (χ1n) is 10.9. The molecule has 8 heteroatoms. The van der Waals surface area contributed by atoms with Crippen LogP contribution >= 0.6 is 11.3 Å². The van der Waals surface area contributed by atoms with Crippen molar-refractivity contribution in [2.75, 3.05) is 20.1 Å². The van der Waals surface area contributed by atoms with Crippen LogP contribution in [0.3, 0.4) is 0 Å². The summed E-state index contributed by atoms with van der Waals surface area (Å²) < 4.78 is 0. The zero-order chi connectivity index (χ0) is 21.3. The molecule has 7 nitrogen and oxygen atoms in total. The number of nitrogens with zero attached hydrogens (tertiary/aromatic N) is 3. The van der Waals surface area contributed by atoms with Gasteiger partial charge in [-0.05, 0) is 30.6 Å². The van der Waals surface area contributed by atoms with Crippen LogP contribution < -0.4 is 10.6 Å². The standard InChI is InChI=1S/C22H31N5O2S/c1-13(2)9-17-25-11-16(30-17)12-26-22(23-3)24-7-4-8-27-20(28)18-14-5-6-15(10-14)19(18)21(27)29/h5-6,11,13-15,18-19H,4,7-10,12H2,1-3H3,(H2,23,24,26). The van der Waals surface area contributed by atoms with Crippen molar-refractivity contribution in [3.05, 3.63) is 28.2 Å². The fourth-order valence-corrected chi connectivity index (χ4v) is 5.97. The van der Waals surface area contributed by atoms with Crippen LogP contribution in [0.25, 0.3) is 0 Å². The lowest BCUT2D eigenvalue weighted by Crippen LogP contribution is -2.39. The largest absolute Gasteiger partial charge is 0.356 e. The first-order valence-corrected chi connectivity index (χ1v) is 11.7. The number of aliphatic imine (C=N–C) groups is 1. The molecule has 0 radical (unpaired) electrons. The summed E-state index contributed by atoms with van der Waals surface area (Å²) in [6.07, 6.45) is 8.87. The Morgan fingerprint density at radius 2 is 1.93 bits per heavy atom. The van der Waals surface area contributed by atoms with Crippen molar-refractivity contribution in [2.24, 2.45) is 34.6 Å². The highest BCUT2D eigenvalue weighted by atomic mass is 32.1. The predicted octanol–water partition coefficient (Wildman–Crippen LogP) is 2.20. The molecule has 1 saturated heterocycles. The molecule has 2 aliphatic carbocycles. The highest BCUT2D eigenvalue weighted by molar-refractivity contribution is 7.11. The molecule has 1 aromatic heterocycles. The molecule has 30 heavy (non-hydrogen) atoms. The van der Waals surface area contributed by atoms with Gasteiger partial charge in [-0.3, -0.25) is 19.5 Å². The number of nitrogens with one attached hydrogen (secondary N) is 2. The highest BCUT2D eigenvalue weighted by Crippen LogP contribution is 2.52. The van der Waals surface area contributed by atoms with Crippen LogP contribution in [0.15, 0.2) is 23.3 Å². The van der Waals surface area contributed by atoms with Crippen molar-refractivity contribution >= 4 is 29.1 Å². The summed E-state index contributed by atoms with van der Waals surface area (Å²) in [5.41, 5.74) is 0. The fourth-order valence-electron chi connectivity index (χ4n) is 4.89. The Labute approximate surface area is 182 Å². The van der Waals surface area contributed by atoms with Crippen LogP contribution in [-0.2, 0) is 22.6 Å². The van der Waals surface area contributed by atoms with Gasteiger partial charge in [-0.1, -0.05) is 26.0 Å². The Morgan fingerprint density at radius 3 is 2.57 bits per heavy atom. The van der Waals surface area contributed by atoms with Gasteiger partial charge >= 0.3 is 0 Å². The lowest BCUT2D eigenvalue weighted by atomic mass is 9.85. The van der Waals surface area contributed by atoms with E-state index in [1.54, 1.807) is 18.4 Å². The second-order valence-electron chi connectivity index (χ2n) is 8.85. The topological polar surface area (TPSA) is 86.7 Å². The molecule has 3 aliphatic rings. The summed E-state index contributed by atoms with van der Waals surface area (Å²) >= 11 is 1.73. The van der Waals surface area contributed by atoms with Gasteiger partial charge in [-0.15, -0.1) is 11.3 Å². The summed E-state index contributed by atoms with van der Waals surface area (Å²) in [4.78, 5) is 36.8. The van der Waals surface area contributed by atoms with Crippen LogP contribution in [0, 0.1) is 29.6 Å². The molecular formula is C22H31N5O2S. The summed E-state index contributed by atoms with van der Waals surface area (Å²) in [6, 6.07) is 0. The number of fused-ring (bicyclic) bond motifs is 5. The SMILES string of the molecule is CN=C(NCCCN1C(=O)C2C3C=CC(C3)C2C1=O)NCc1cnc(CC(C)C)s1. The number of hydrogen-bond acceptors (Lipinski definition) is 5. The van der Waals surface area contributed by atoms with E-state index in [9.17, 15) is 9.59 Å². The maximum Gasteiger partial charge on any atom is 0.233 e. The minimum atomic E-state index is -0.102.